The molecule has 2 aromatic heterocycles. The van der Waals surface area contributed by atoms with Gasteiger partial charge in [0.1, 0.15) is 11.4 Å². The molecule has 1 fully saturated rings. The molecule has 0 atom stereocenters. The number of anilines is 1. The van der Waals surface area contributed by atoms with Gasteiger partial charge in [-0.3, -0.25) is 9.69 Å². The van der Waals surface area contributed by atoms with E-state index in [1.165, 1.54) is 5.56 Å². The Bertz CT molecular complexity index is 1550. The molecule has 4 aromatic rings. The summed E-state index contributed by atoms with van der Waals surface area (Å²) in [7, 11) is 0. The molecule has 5 rings (SSSR count). The highest BCUT2D eigenvalue weighted by Crippen LogP contribution is 2.21. The number of carbonyl (C=O) groups is 2. The number of carbonyl (C=O) groups excluding carboxylic acids is 2. The average molecular weight is 542 g/mol. The number of hydrogen-bond acceptors (Lipinski definition) is 7. The molecule has 10 heteroatoms. The summed E-state index contributed by atoms with van der Waals surface area (Å²) < 4.78 is 7.17. The number of benzene rings is 2. The molecule has 40 heavy (non-hydrogen) atoms. The Hall–Kier alpha value is -4.31. The van der Waals surface area contributed by atoms with E-state index in [1.54, 1.807) is 15.6 Å². The number of fused-ring (bicyclic) bond motifs is 1. The van der Waals surface area contributed by atoms with Crippen LogP contribution in [0.4, 0.5) is 10.6 Å². The largest absolute Gasteiger partial charge is 0.444 e. The average Bonchev–Trinajstić information content (AvgIpc) is 3.29. The van der Waals surface area contributed by atoms with E-state index in [4.69, 9.17) is 4.74 Å². The quantitative estimate of drug-likeness (QED) is 0.389. The Morgan fingerprint density at radius 1 is 0.975 bits per heavy atom. The SMILES string of the molecule is Cc1ccccc1-n1nnc(C(=O)Nc2ccc3cc(CN4CCN(C(=O)OC(C)(C)C)CC4)ccc3n2)c1C. The minimum absolute atomic E-state index is 0.252. The third-order valence-electron chi connectivity index (χ3n) is 6.88. The predicted molar refractivity (Wildman–Crippen MR) is 154 cm³/mol. The first kappa shape index (κ1) is 27.3. The van der Waals surface area contributed by atoms with Gasteiger partial charge >= 0.3 is 6.09 Å². The Kier molecular flexibility index (Phi) is 7.53. The van der Waals surface area contributed by atoms with Crippen molar-refractivity contribution in [2.45, 2.75) is 46.8 Å². The molecule has 0 radical (unpaired) electrons. The Balaban J connectivity index is 1.21. The molecule has 0 aliphatic carbocycles. The summed E-state index contributed by atoms with van der Waals surface area (Å²) in [5.74, 6) is 0.0969. The van der Waals surface area contributed by atoms with Gasteiger partial charge in [-0.25, -0.2) is 14.5 Å². The number of hydrogen-bond donors (Lipinski definition) is 1. The summed E-state index contributed by atoms with van der Waals surface area (Å²) in [4.78, 5) is 34.1. The molecule has 1 aliphatic heterocycles. The topological polar surface area (TPSA) is 105 Å². The van der Waals surface area contributed by atoms with Gasteiger partial charge in [0, 0.05) is 38.1 Å². The molecule has 208 valence electrons. The monoisotopic (exact) mass is 541 g/mol. The second kappa shape index (κ2) is 11.1. The van der Waals surface area contributed by atoms with E-state index in [0.29, 0.717) is 24.6 Å². The number of aryl methyl sites for hydroxylation is 1. The van der Waals surface area contributed by atoms with E-state index in [-0.39, 0.29) is 17.7 Å². The summed E-state index contributed by atoms with van der Waals surface area (Å²) in [5, 5.41) is 12.2. The fourth-order valence-electron chi connectivity index (χ4n) is 4.76. The summed E-state index contributed by atoms with van der Waals surface area (Å²) in [6, 6.07) is 17.7. The van der Waals surface area contributed by atoms with Gasteiger partial charge in [0.15, 0.2) is 5.69 Å². The molecule has 2 aromatic carbocycles. The molecular formula is C30H35N7O3. The minimum atomic E-state index is -0.489. The maximum absolute atomic E-state index is 13.0. The second-order valence-corrected chi connectivity index (χ2v) is 11.1. The summed E-state index contributed by atoms with van der Waals surface area (Å²) in [6.07, 6.45) is -0.252. The molecule has 0 bridgehead atoms. The summed E-state index contributed by atoms with van der Waals surface area (Å²) >= 11 is 0. The molecule has 1 N–H and O–H groups in total. The highest BCUT2D eigenvalue weighted by Gasteiger charge is 2.26. The predicted octanol–water partition coefficient (Wildman–Crippen LogP) is 4.74. The van der Waals surface area contributed by atoms with E-state index in [0.717, 1.165) is 41.8 Å². The number of ether oxygens (including phenoxy) is 1. The third-order valence-corrected chi connectivity index (χ3v) is 6.88. The van der Waals surface area contributed by atoms with Crippen molar-refractivity contribution in [3.05, 3.63) is 77.1 Å². The normalized spacial score (nSPS) is 14.4. The van der Waals surface area contributed by atoms with Gasteiger partial charge < -0.3 is 15.0 Å². The lowest BCUT2D eigenvalue weighted by Gasteiger charge is -2.35. The molecule has 3 heterocycles. The van der Waals surface area contributed by atoms with Crippen LogP contribution in [0.25, 0.3) is 16.6 Å². The van der Waals surface area contributed by atoms with E-state index in [1.807, 2.05) is 71.0 Å². The zero-order valence-corrected chi connectivity index (χ0v) is 23.6. The molecule has 1 aliphatic rings. The van der Waals surface area contributed by atoms with Crippen molar-refractivity contribution in [3.8, 4) is 5.69 Å². The molecule has 0 spiro atoms. The number of nitrogens with zero attached hydrogens (tertiary/aromatic N) is 6. The standard InChI is InChI=1S/C30H35N7O3/c1-20-8-6-7-9-25(20)37-21(2)27(33-34-37)28(38)32-26-13-11-23-18-22(10-12-24(23)31-26)19-35-14-16-36(17-15-35)29(39)40-30(3,4)5/h6-13,18H,14-17,19H2,1-5H3,(H,31,32,38). The molecular weight excluding hydrogens is 506 g/mol. The molecule has 2 amide bonds. The van der Waals surface area contributed by atoms with Gasteiger partial charge in [-0.05, 0) is 76.1 Å². The zero-order chi connectivity index (χ0) is 28.4. The van der Waals surface area contributed by atoms with Gasteiger partial charge in [0.2, 0.25) is 0 Å². The minimum Gasteiger partial charge on any atom is -0.444 e. The maximum Gasteiger partial charge on any atom is 0.410 e. The van der Waals surface area contributed by atoms with E-state index in [2.05, 4.69) is 37.6 Å². The van der Waals surface area contributed by atoms with Crippen LogP contribution in [0.5, 0.6) is 0 Å². The van der Waals surface area contributed by atoms with Crippen LogP contribution in [-0.2, 0) is 11.3 Å². The number of nitrogens with one attached hydrogen (secondary N) is 1. The van der Waals surface area contributed by atoms with Crippen molar-refractivity contribution >= 4 is 28.7 Å². The van der Waals surface area contributed by atoms with Crippen LogP contribution in [0, 0.1) is 13.8 Å². The number of pyridine rings is 1. The molecule has 0 unspecified atom stereocenters. The van der Waals surface area contributed by atoms with Crippen LogP contribution in [0.2, 0.25) is 0 Å². The lowest BCUT2D eigenvalue weighted by Crippen LogP contribution is -2.49. The summed E-state index contributed by atoms with van der Waals surface area (Å²) in [5.41, 5.74) is 4.31. The van der Waals surface area contributed by atoms with Crippen molar-refractivity contribution < 1.29 is 14.3 Å². The molecule has 1 saturated heterocycles. The zero-order valence-electron chi connectivity index (χ0n) is 23.6. The highest BCUT2D eigenvalue weighted by molar-refractivity contribution is 6.03. The lowest BCUT2D eigenvalue weighted by atomic mass is 10.1. The Morgan fingerprint density at radius 3 is 2.45 bits per heavy atom. The maximum atomic E-state index is 13.0. The van der Waals surface area contributed by atoms with Gasteiger partial charge in [0.25, 0.3) is 5.91 Å². The number of para-hydroxylation sites is 1. The van der Waals surface area contributed by atoms with E-state index < -0.39 is 5.60 Å². The van der Waals surface area contributed by atoms with Crippen molar-refractivity contribution in [3.63, 3.8) is 0 Å². The van der Waals surface area contributed by atoms with Gasteiger partial charge in [-0.2, -0.15) is 0 Å². The summed E-state index contributed by atoms with van der Waals surface area (Å²) in [6.45, 7) is 13.1. The van der Waals surface area contributed by atoms with Crippen LogP contribution in [-0.4, -0.2) is 73.6 Å². The van der Waals surface area contributed by atoms with Crippen LogP contribution in [0.3, 0.4) is 0 Å². The Labute approximate surface area is 233 Å². The van der Waals surface area contributed by atoms with Crippen LogP contribution in [0.15, 0.2) is 54.6 Å². The second-order valence-electron chi connectivity index (χ2n) is 11.1. The fourth-order valence-corrected chi connectivity index (χ4v) is 4.76. The lowest BCUT2D eigenvalue weighted by molar-refractivity contribution is 0.0139. The van der Waals surface area contributed by atoms with E-state index >= 15 is 0 Å². The first-order valence-electron chi connectivity index (χ1n) is 13.5. The highest BCUT2D eigenvalue weighted by atomic mass is 16.6. The first-order valence-corrected chi connectivity index (χ1v) is 13.5. The number of piperazine rings is 1. The van der Waals surface area contributed by atoms with Gasteiger partial charge in [-0.1, -0.05) is 29.5 Å². The van der Waals surface area contributed by atoms with Crippen LogP contribution >= 0.6 is 0 Å². The van der Waals surface area contributed by atoms with Crippen LogP contribution in [0.1, 0.15) is 48.1 Å². The molecule has 0 saturated carbocycles. The first-order chi connectivity index (χ1) is 19.1. The number of rotatable bonds is 5. The van der Waals surface area contributed by atoms with Crippen molar-refractivity contribution in [2.24, 2.45) is 0 Å². The van der Waals surface area contributed by atoms with Gasteiger partial charge in [-0.15, -0.1) is 5.10 Å². The van der Waals surface area contributed by atoms with Crippen molar-refractivity contribution in [2.75, 3.05) is 31.5 Å². The van der Waals surface area contributed by atoms with Crippen molar-refractivity contribution in [1.82, 2.24) is 29.8 Å². The number of aromatic nitrogens is 4. The van der Waals surface area contributed by atoms with Crippen LogP contribution < -0.4 is 5.32 Å². The van der Waals surface area contributed by atoms with E-state index in [9.17, 15) is 9.59 Å². The number of amides is 2. The fraction of sp³-hybridized carbons (Fsp3) is 0.367. The third kappa shape index (κ3) is 6.12. The Morgan fingerprint density at radius 2 is 1.73 bits per heavy atom. The van der Waals surface area contributed by atoms with Crippen molar-refractivity contribution in [1.29, 1.82) is 0 Å². The molecule has 10 nitrogen and oxygen atoms in total. The smallest absolute Gasteiger partial charge is 0.410 e. The van der Waals surface area contributed by atoms with Gasteiger partial charge in [0.05, 0.1) is 16.9 Å².